The molecule has 0 spiro atoms. The van der Waals surface area contributed by atoms with Gasteiger partial charge in [-0.05, 0) is 69.2 Å². The van der Waals surface area contributed by atoms with Gasteiger partial charge in [-0.3, -0.25) is 9.59 Å². The maximum absolute atomic E-state index is 12.8. The molecule has 1 N–H and O–H groups in total. The Kier molecular flexibility index (Phi) is 7.17. The van der Waals surface area contributed by atoms with Gasteiger partial charge < -0.3 is 9.94 Å². The highest BCUT2D eigenvalue weighted by Gasteiger charge is 2.33. The van der Waals surface area contributed by atoms with Gasteiger partial charge in [0.25, 0.3) is 0 Å². The fourth-order valence-corrected chi connectivity index (χ4v) is 4.33. The number of benzene rings is 1. The van der Waals surface area contributed by atoms with Gasteiger partial charge in [0.2, 0.25) is 0 Å². The number of aliphatic hydroxyl groups excluding tert-OH is 1. The number of hydrogen-bond acceptors (Lipinski definition) is 5. The van der Waals surface area contributed by atoms with Crippen LogP contribution in [0, 0.1) is 20.8 Å². The standard InChI is InChI=1S/C23H31NO4/c1-7-9-18(25)22-14(4)10-13(3)21(15(22)5)17-11-19(26)23(20(27)12-17)16(6)24-28-8-2/h10,17,26H,7-9,11-12H2,1-6H3/b24-16+. The van der Waals surface area contributed by atoms with E-state index in [-0.39, 0.29) is 35.2 Å². The SMILES string of the molecule is CCCC(=O)c1c(C)cc(C)c(C2CC(=O)C(/C(C)=N/OCC)=C(O)C2)c1C. The Bertz CT molecular complexity index is 849. The van der Waals surface area contributed by atoms with E-state index in [1.54, 1.807) is 6.92 Å². The molecule has 0 fully saturated rings. The molecule has 1 aromatic rings. The number of nitrogens with zero attached hydrogens (tertiary/aromatic N) is 1. The summed E-state index contributed by atoms with van der Waals surface area (Å²) in [5.74, 6) is -0.107. The molecule has 5 heteroatoms. The molecular weight excluding hydrogens is 354 g/mol. The van der Waals surface area contributed by atoms with E-state index in [9.17, 15) is 14.7 Å². The summed E-state index contributed by atoms with van der Waals surface area (Å²) >= 11 is 0. The molecule has 0 aliphatic heterocycles. The average molecular weight is 386 g/mol. The Morgan fingerprint density at radius 1 is 1.21 bits per heavy atom. The number of aryl methyl sites for hydroxylation is 2. The van der Waals surface area contributed by atoms with Crippen molar-refractivity contribution in [3.8, 4) is 0 Å². The fraction of sp³-hybridized carbons (Fsp3) is 0.522. The first-order valence-corrected chi connectivity index (χ1v) is 9.98. The minimum absolute atomic E-state index is 0.0445. The van der Waals surface area contributed by atoms with Gasteiger partial charge in [0.15, 0.2) is 11.6 Å². The van der Waals surface area contributed by atoms with Crippen LogP contribution >= 0.6 is 0 Å². The summed E-state index contributed by atoms with van der Waals surface area (Å²) in [6.45, 7) is 11.8. The van der Waals surface area contributed by atoms with Gasteiger partial charge in [-0.15, -0.1) is 0 Å². The van der Waals surface area contributed by atoms with E-state index in [0.29, 0.717) is 25.2 Å². The second-order valence-corrected chi connectivity index (χ2v) is 7.54. The molecule has 28 heavy (non-hydrogen) atoms. The highest BCUT2D eigenvalue weighted by molar-refractivity contribution is 6.22. The Morgan fingerprint density at radius 2 is 1.89 bits per heavy atom. The predicted octanol–water partition coefficient (Wildman–Crippen LogP) is 5.27. The van der Waals surface area contributed by atoms with Crippen LogP contribution in [-0.2, 0) is 9.63 Å². The second kappa shape index (κ2) is 9.18. The molecule has 0 amide bonds. The lowest BCUT2D eigenvalue weighted by molar-refractivity contribution is -0.116. The third-order valence-electron chi connectivity index (χ3n) is 5.33. The first-order valence-electron chi connectivity index (χ1n) is 9.98. The number of carbonyl (C=O) groups excluding carboxylic acids is 2. The van der Waals surface area contributed by atoms with Crippen LogP contribution in [0.5, 0.6) is 0 Å². The van der Waals surface area contributed by atoms with Crippen LogP contribution in [0.1, 0.15) is 85.0 Å². The summed E-state index contributed by atoms with van der Waals surface area (Å²) in [5, 5.41) is 14.5. The monoisotopic (exact) mass is 385 g/mol. The van der Waals surface area contributed by atoms with Gasteiger partial charge in [-0.1, -0.05) is 18.1 Å². The van der Waals surface area contributed by atoms with Crippen molar-refractivity contribution in [2.45, 2.75) is 73.1 Å². The molecule has 1 aliphatic rings. The second-order valence-electron chi connectivity index (χ2n) is 7.54. The van der Waals surface area contributed by atoms with Gasteiger partial charge >= 0.3 is 0 Å². The highest BCUT2D eigenvalue weighted by atomic mass is 16.6. The number of carbonyl (C=O) groups is 2. The van der Waals surface area contributed by atoms with Crippen LogP contribution in [0.3, 0.4) is 0 Å². The van der Waals surface area contributed by atoms with E-state index in [4.69, 9.17) is 4.84 Å². The number of rotatable bonds is 7. The van der Waals surface area contributed by atoms with Crippen molar-refractivity contribution in [2.24, 2.45) is 5.16 Å². The van der Waals surface area contributed by atoms with Gasteiger partial charge in [0, 0.05) is 24.8 Å². The average Bonchev–Trinajstić information content (AvgIpc) is 2.59. The summed E-state index contributed by atoms with van der Waals surface area (Å²) < 4.78 is 0. The van der Waals surface area contributed by atoms with Gasteiger partial charge in [-0.2, -0.15) is 0 Å². The summed E-state index contributed by atoms with van der Waals surface area (Å²) in [6.07, 6.45) is 1.95. The summed E-state index contributed by atoms with van der Waals surface area (Å²) in [5.41, 5.74) is 5.39. The maximum Gasteiger partial charge on any atom is 0.168 e. The van der Waals surface area contributed by atoms with Crippen molar-refractivity contribution in [3.63, 3.8) is 0 Å². The first kappa shape index (κ1) is 21.9. The van der Waals surface area contributed by atoms with Crippen molar-refractivity contribution in [1.82, 2.24) is 0 Å². The quantitative estimate of drug-likeness (QED) is 0.394. The molecule has 152 valence electrons. The molecule has 0 aromatic heterocycles. The lowest BCUT2D eigenvalue weighted by atomic mass is 9.76. The third kappa shape index (κ3) is 4.34. The Hall–Kier alpha value is -2.43. The third-order valence-corrected chi connectivity index (χ3v) is 5.33. The Labute approximate surface area is 167 Å². The van der Waals surface area contributed by atoms with Crippen molar-refractivity contribution in [2.75, 3.05) is 6.61 Å². The van der Waals surface area contributed by atoms with Gasteiger partial charge in [0.1, 0.15) is 12.4 Å². The van der Waals surface area contributed by atoms with E-state index in [1.165, 1.54) is 0 Å². The zero-order valence-corrected chi connectivity index (χ0v) is 17.8. The molecule has 1 atom stereocenters. The Balaban J connectivity index is 2.48. The van der Waals surface area contributed by atoms with Crippen molar-refractivity contribution >= 4 is 17.3 Å². The normalized spacial score (nSPS) is 17.9. The number of allylic oxidation sites excluding steroid dienone is 2. The van der Waals surface area contributed by atoms with Crippen molar-refractivity contribution in [1.29, 1.82) is 0 Å². The number of hydrogen-bond donors (Lipinski definition) is 1. The van der Waals surface area contributed by atoms with Gasteiger partial charge in [0.05, 0.1) is 11.3 Å². The largest absolute Gasteiger partial charge is 0.511 e. The van der Waals surface area contributed by atoms with Crippen LogP contribution in [0.4, 0.5) is 0 Å². The minimum Gasteiger partial charge on any atom is -0.511 e. The lowest BCUT2D eigenvalue weighted by Gasteiger charge is -2.28. The minimum atomic E-state index is -0.148. The molecule has 0 bridgehead atoms. The molecule has 0 radical (unpaired) electrons. The number of ketones is 2. The molecule has 1 aliphatic carbocycles. The van der Waals surface area contributed by atoms with Crippen LogP contribution in [0.2, 0.25) is 0 Å². The zero-order valence-electron chi connectivity index (χ0n) is 17.8. The van der Waals surface area contributed by atoms with Gasteiger partial charge in [-0.25, -0.2) is 0 Å². The van der Waals surface area contributed by atoms with Crippen LogP contribution in [0.25, 0.3) is 0 Å². The molecule has 5 nitrogen and oxygen atoms in total. The molecule has 0 saturated heterocycles. The fourth-order valence-electron chi connectivity index (χ4n) is 4.33. The molecule has 1 unspecified atom stereocenters. The smallest absolute Gasteiger partial charge is 0.168 e. The number of Topliss-reactive ketones (excluding diaryl/α,β-unsaturated/α-hetero) is 2. The van der Waals surface area contributed by atoms with Crippen molar-refractivity contribution in [3.05, 3.63) is 45.2 Å². The summed E-state index contributed by atoms with van der Waals surface area (Å²) in [6, 6.07) is 2.02. The van der Waals surface area contributed by atoms with E-state index in [0.717, 1.165) is 34.2 Å². The Morgan fingerprint density at radius 3 is 2.46 bits per heavy atom. The number of oxime groups is 1. The van der Waals surface area contributed by atoms with Crippen LogP contribution < -0.4 is 0 Å². The van der Waals surface area contributed by atoms with Crippen LogP contribution in [0.15, 0.2) is 22.6 Å². The predicted molar refractivity (Wildman–Crippen MR) is 111 cm³/mol. The summed E-state index contributed by atoms with van der Waals surface area (Å²) in [7, 11) is 0. The molecule has 0 heterocycles. The van der Waals surface area contributed by atoms with E-state index >= 15 is 0 Å². The molecule has 0 saturated carbocycles. The zero-order chi connectivity index (χ0) is 21.0. The van der Waals surface area contributed by atoms with E-state index in [2.05, 4.69) is 5.16 Å². The molecule has 1 aromatic carbocycles. The topological polar surface area (TPSA) is 76.0 Å². The molecular formula is C23H31NO4. The van der Waals surface area contributed by atoms with Crippen molar-refractivity contribution < 1.29 is 19.5 Å². The van der Waals surface area contributed by atoms with Crippen LogP contribution in [-0.4, -0.2) is 29.0 Å². The van der Waals surface area contributed by atoms with E-state index < -0.39 is 0 Å². The number of aliphatic hydroxyl groups is 1. The first-order chi connectivity index (χ1) is 13.2. The summed E-state index contributed by atoms with van der Waals surface area (Å²) in [4.78, 5) is 30.5. The molecule has 2 rings (SSSR count). The maximum atomic E-state index is 12.8. The van der Waals surface area contributed by atoms with E-state index in [1.807, 2.05) is 40.7 Å². The highest BCUT2D eigenvalue weighted by Crippen LogP contribution is 2.39. The lowest BCUT2D eigenvalue weighted by Crippen LogP contribution is -2.24.